The molecule has 0 spiro atoms. The van der Waals surface area contributed by atoms with Crippen LogP contribution in [-0.2, 0) is 13.5 Å². The number of halogens is 2. The van der Waals surface area contributed by atoms with Crippen LogP contribution in [0.2, 0.25) is 5.02 Å². The minimum Gasteiger partial charge on any atom is -0.308 e. The zero-order chi connectivity index (χ0) is 14.5. The molecule has 1 unspecified atom stereocenters. The van der Waals surface area contributed by atoms with E-state index >= 15 is 0 Å². The van der Waals surface area contributed by atoms with Crippen LogP contribution in [-0.4, -0.2) is 16.3 Å². The summed E-state index contributed by atoms with van der Waals surface area (Å²) in [6.45, 7) is 3.12. The van der Waals surface area contributed by atoms with Gasteiger partial charge in [0.05, 0.1) is 23.0 Å². The van der Waals surface area contributed by atoms with Crippen molar-refractivity contribution in [2.45, 2.75) is 25.8 Å². The van der Waals surface area contributed by atoms with Crippen LogP contribution in [0.3, 0.4) is 0 Å². The number of nitrogens with zero attached hydrogens (tertiary/aromatic N) is 2. The summed E-state index contributed by atoms with van der Waals surface area (Å²) in [5.74, 6) is 0. The van der Waals surface area contributed by atoms with Gasteiger partial charge in [-0.3, -0.25) is 4.68 Å². The molecule has 2 rings (SSSR count). The number of aryl methyl sites for hydroxylation is 1. The van der Waals surface area contributed by atoms with Crippen LogP contribution >= 0.6 is 27.5 Å². The summed E-state index contributed by atoms with van der Waals surface area (Å²) < 4.78 is 2.95. The molecule has 0 saturated carbocycles. The lowest BCUT2D eigenvalue weighted by atomic mass is 10.0. The minimum absolute atomic E-state index is 0.177. The largest absolute Gasteiger partial charge is 0.308 e. The molecule has 0 radical (unpaired) electrons. The first kappa shape index (κ1) is 15.5. The highest BCUT2D eigenvalue weighted by Crippen LogP contribution is 2.25. The molecule has 108 valence electrons. The number of aromatic nitrogens is 2. The van der Waals surface area contributed by atoms with Crippen molar-refractivity contribution in [1.82, 2.24) is 15.1 Å². The molecule has 1 atom stereocenters. The molecule has 1 aromatic heterocycles. The lowest BCUT2D eigenvalue weighted by Gasteiger charge is -2.19. The Morgan fingerprint density at radius 3 is 2.60 bits per heavy atom. The third-order valence-corrected chi connectivity index (χ3v) is 4.08. The number of nitrogens with one attached hydrogen (secondary N) is 1. The standard InChI is InChI=1S/C15H19BrClN3/c1-3-8-18-14(15-13(17)10-19-20(15)2)9-11-4-6-12(16)7-5-11/h4-7,10,14,18H,3,8-9H2,1-2H3. The summed E-state index contributed by atoms with van der Waals surface area (Å²) in [5.41, 5.74) is 2.32. The first-order valence-corrected chi connectivity index (χ1v) is 7.94. The van der Waals surface area contributed by atoms with Gasteiger partial charge in [-0.15, -0.1) is 0 Å². The highest BCUT2D eigenvalue weighted by atomic mass is 79.9. The second kappa shape index (κ2) is 7.25. The first-order valence-electron chi connectivity index (χ1n) is 6.77. The van der Waals surface area contributed by atoms with Crippen molar-refractivity contribution in [3.05, 3.63) is 51.2 Å². The van der Waals surface area contributed by atoms with Crippen molar-refractivity contribution >= 4 is 27.5 Å². The van der Waals surface area contributed by atoms with Crippen LogP contribution in [0.5, 0.6) is 0 Å². The van der Waals surface area contributed by atoms with Gasteiger partial charge in [0, 0.05) is 11.5 Å². The zero-order valence-corrected chi connectivity index (χ0v) is 14.1. The van der Waals surface area contributed by atoms with Gasteiger partial charge in [-0.25, -0.2) is 0 Å². The predicted molar refractivity (Wildman–Crippen MR) is 87.1 cm³/mol. The topological polar surface area (TPSA) is 29.9 Å². The van der Waals surface area contributed by atoms with E-state index in [1.807, 2.05) is 11.7 Å². The Morgan fingerprint density at radius 1 is 1.35 bits per heavy atom. The summed E-state index contributed by atoms with van der Waals surface area (Å²) in [5, 5.41) is 8.52. The van der Waals surface area contributed by atoms with Crippen molar-refractivity contribution in [2.24, 2.45) is 7.05 Å². The molecule has 0 bridgehead atoms. The molecule has 20 heavy (non-hydrogen) atoms. The molecule has 0 aliphatic rings. The smallest absolute Gasteiger partial charge is 0.0834 e. The van der Waals surface area contributed by atoms with E-state index in [-0.39, 0.29) is 6.04 Å². The Labute approximate surface area is 133 Å². The van der Waals surface area contributed by atoms with E-state index in [2.05, 4.69) is 57.5 Å². The fourth-order valence-corrected chi connectivity index (χ4v) is 2.81. The fraction of sp³-hybridized carbons (Fsp3) is 0.400. The van der Waals surface area contributed by atoms with Gasteiger partial charge in [0.25, 0.3) is 0 Å². The Morgan fingerprint density at radius 2 is 2.05 bits per heavy atom. The van der Waals surface area contributed by atoms with Crippen LogP contribution in [0.1, 0.15) is 30.6 Å². The van der Waals surface area contributed by atoms with Gasteiger partial charge >= 0.3 is 0 Å². The quantitative estimate of drug-likeness (QED) is 0.844. The fourth-order valence-electron chi connectivity index (χ4n) is 2.25. The molecule has 1 N–H and O–H groups in total. The van der Waals surface area contributed by atoms with Gasteiger partial charge < -0.3 is 5.32 Å². The van der Waals surface area contributed by atoms with E-state index in [1.165, 1.54) is 5.56 Å². The molecule has 0 amide bonds. The molecular weight excluding hydrogens is 338 g/mol. The van der Waals surface area contributed by atoms with Crippen molar-refractivity contribution in [3.63, 3.8) is 0 Å². The summed E-state index contributed by atoms with van der Waals surface area (Å²) in [6, 6.07) is 8.58. The maximum absolute atomic E-state index is 6.28. The van der Waals surface area contributed by atoms with Crippen LogP contribution in [0, 0.1) is 0 Å². The SMILES string of the molecule is CCCNC(Cc1ccc(Br)cc1)c1c(Cl)cnn1C. The van der Waals surface area contributed by atoms with E-state index < -0.39 is 0 Å². The molecule has 5 heteroatoms. The average Bonchev–Trinajstić information content (AvgIpc) is 2.77. The van der Waals surface area contributed by atoms with Crippen molar-refractivity contribution in [2.75, 3.05) is 6.54 Å². The number of hydrogen-bond acceptors (Lipinski definition) is 2. The van der Waals surface area contributed by atoms with Gasteiger partial charge in [-0.05, 0) is 37.1 Å². The van der Waals surface area contributed by atoms with Crippen LogP contribution < -0.4 is 5.32 Å². The highest BCUT2D eigenvalue weighted by Gasteiger charge is 2.18. The summed E-state index contributed by atoms with van der Waals surface area (Å²) >= 11 is 9.74. The number of benzene rings is 1. The highest BCUT2D eigenvalue weighted by molar-refractivity contribution is 9.10. The van der Waals surface area contributed by atoms with Crippen molar-refractivity contribution in [3.8, 4) is 0 Å². The molecule has 2 aromatic rings. The molecule has 0 aliphatic heterocycles. The van der Waals surface area contributed by atoms with E-state index in [0.29, 0.717) is 0 Å². The molecule has 1 aromatic carbocycles. The van der Waals surface area contributed by atoms with E-state index in [9.17, 15) is 0 Å². The van der Waals surface area contributed by atoms with Crippen LogP contribution in [0.25, 0.3) is 0 Å². The maximum atomic E-state index is 6.28. The average molecular weight is 357 g/mol. The summed E-state index contributed by atoms with van der Waals surface area (Å²) in [6.07, 6.45) is 3.69. The number of hydrogen-bond donors (Lipinski definition) is 1. The third kappa shape index (κ3) is 3.84. The molecule has 1 heterocycles. The maximum Gasteiger partial charge on any atom is 0.0834 e. The Bertz CT molecular complexity index is 531. The second-order valence-corrected chi connectivity index (χ2v) is 6.16. The van der Waals surface area contributed by atoms with E-state index in [0.717, 1.165) is 34.6 Å². The zero-order valence-electron chi connectivity index (χ0n) is 11.7. The Hall–Kier alpha value is -0.840. The lowest BCUT2D eigenvalue weighted by Crippen LogP contribution is -2.26. The van der Waals surface area contributed by atoms with Gasteiger partial charge in [-0.2, -0.15) is 5.10 Å². The predicted octanol–water partition coefficient (Wildman–Crippen LogP) is 4.12. The molecule has 0 saturated heterocycles. The first-order chi connectivity index (χ1) is 9.61. The van der Waals surface area contributed by atoms with Gasteiger partial charge in [0.2, 0.25) is 0 Å². The molecular formula is C15H19BrClN3. The number of rotatable bonds is 6. The van der Waals surface area contributed by atoms with Crippen LogP contribution in [0.4, 0.5) is 0 Å². The monoisotopic (exact) mass is 355 g/mol. The van der Waals surface area contributed by atoms with Crippen LogP contribution in [0.15, 0.2) is 34.9 Å². The van der Waals surface area contributed by atoms with Crippen molar-refractivity contribution < 1.29 is 0 Å². The van der Waals surface area contributed by atoms with Crippen molar-refractivity contribution in [1.29, 1.82) is 0 Å². The van der Waals surface area contributed by atoms with Gasteiger partial charge in [0.15, 0.2) is 0 Å². The molecule has 0 aliphatic carbocycles. The summed E-state index contributed by atoms with van der Waals surface area (Å²) in [7, 11) is 1.93. The second-order valence-electron chi connectivity index (χ2n) is 4.84. The Balaban J connectivity index is 2.21. The minimum atomic E-state index is 0.177. The van der Waals surface area contributed by atoms with Gasteiger partial charge in [-0.1, -0.05) is 46.6 Å². The normalized spacial score (nSPS) is 12.6. The van der Waals surface area contributed by atoms with E-state index in [1.54, 1.807) is 6.20 Å². The van der Waals surface area contributed by atoms with Gasteiger partial charge in [0.1, 0.15) is 0 Å². The van der Waals surface area contributed by atoms with E-state index in [4.69, 9.17) is 11.6 Å². The molecule has 0 fully saturated rings. The Kier molecular flexibility index (Phi) is 5.64. The lowest BCUT2D eigenvalue weighted by molar-refractivity contribution is 0.493. The third-order valence-electron chi connectivity index (χ3n) is 3.26. The summed E-state index contributed by atoms with van der Waals surface area (Å²) in [4.78, 5) is 0. The molecule has 3 nitrogen and oxygen atoms in total.